The lowest BCUT2D eigenvalue weighted by Gasteiger charge is -2.52. The van der Waals surface area contributed by atoms with Gasteiger partial charge in [0.05, 0.1) is 39.8 Å². The van der Waals surface area contributed by atoms with Crippen molar-refractivity contribution in [2.75, 3.05) is 28.2 Å². The van der Waals surface area contributed by atoms with Crippen molar-refractivity contribution in [2.45, 2.75) is 120 Å². The Morgan fingerprint density at radius 1 is 0.839 bits per heavy atom. The molecule has 14 heteroatoms. The zero-order valence-electron chi connectivity index (χ0n) is 33.5. The van der Waals surface area contributed by atoms with Crippen molar-refractivity contribution in [2.24, 2.45) is 0 Å². The van der Waals surface area contributed by atoms with Gasteiger partial charge in [-0.25, -0.2) is 0 Å². The number of aliphatic hydroxyl groups is 3. The van der Waals surface area contributed by atoms with Crippen LogP contribution in [0.3, 0.4) is 0 Å². The summed E-state index contributed by atoms with van der Waals surface area (Å²) < 4.78 is 30.7. The number of phenols is 1. The Balaban J connectivity index is 1.37. The van der Waals surface area contributed by atoms with E-state index >= 15 is 4.79 Å². The van der Waals surface area contributed by atoms with Crippen molar-refractivity contribution in [1.82, 2.24) is 9.80 Å². The van der Waals surface area contributed by atoms with Gasteiger partial charge < -0.3 is 53.6 Å². The van der Waals surface area contributed by atoms with Gasteiger partial charge in [-0.2, -0.15) is 0 Å². The highest BCUT2D eigenvalue weighted by molar-refractivity contribution is 6.33. The Bertz CT molecular complexity index is 2330. The highest BCUT2D eigenvalue weighted by Gasteiger charge is 2.70. The third-order valence-electron chi connectivity index (χ3n) is 12.9. The van der Waals surface area contributed by atoms with E-state index in [9.17, 15) is 30.0 Å². The van der Waals surface area contributed by atoms with Crippen molar-refractivity contribution in [3.63, 3.8) is 0 Å². The highest BCUT2D eigenvalue weighted by Crippen LogP contribution is 2.57. The molecule has 10 atom stereocenters. The summed E-state index contributed by atoms with van der Waals surface area (Å²) in [5.74, 6) is -3.72. The number of fused-ring (bicyclic) bond motifs is 4. The van der Waals surface area contributed by atoms with Crippen LogP contribution in [-0.2, 0) is 24.5 Å². The minimum Gasteiger partial charge on any atom is -0.507 e. The first-order valence-electron chi connectivity index (χ1n) is 18.9. The first-order valence-corrected chi connectivity index (χ1v) is 18.9. The Morgan fingerprint density at radius 3 is 2.11 bits per heavy atom. The first-order chi connectivity index (χ1) is 25.9. The molecule has 3 fully saturated rings. The van der Waals surface area contributed by atoms with Gasteiger partial charge in [0, 0.05) is 28.3 Å². The molecule has 5 aliphatic rings. The van der Waals surface area contributed by atoms with Crippen LogP contribution in [-0.4, -0.2) is 123 Å². The quantitative estimate of drug-likeness (QED) is 0.209. The molecule has 14 nitrogen and oxygen atoms in total. The maximum Gasteiger partial charge on any atom is 0.202 e. The molecule has 1 aliphatic carbocycles. The fourth-order valence-corrected chi connectivity index (χ4v) is 9.03. The van der Waals surface area contributed by atoms with E-state index in [-0.39, 0.29) is 68.4 Å². The van der Waals surface area contributed by atoms with Crippen LogP contribution >= 0.6 is 0 Å². The second kappa shape index (κ2) is 12.3. The summed E-state index contributed by atoms with van der Waals surface area (Å²) in [6.45, 7) is 12.1. The molecular weight excluding hydrogens is 724 g/mol. The predicted octanol–water partition coefficient (Wildman–Crippen LogP) is 3.28. The summed E-state index contributed by atoms with van der Waals surface area (Å²) in [5.41, 5.74) is -3.16. The van der Waals surface area contributed by atoms with E-state index in [4.69, 9.17) is 23.4 Å². The minimum atomic E-state index is -2.10. The fourth-order valence-electron chi connectivity index (χ4n) is 9.03. The predicted molar refractivity (Wildman–Crippen MR) is 203 cm³/mol. The van der Waals surface area contributed by atoms with E-state index in [1.807, 2.05) is 13.8 Å². The summed E-state index contributed by atoms with van der Waals surface area (Å²) >= 11 is 0. The van der Waals surface area contributed by atoms with Gasteiger partial charge in [-0.05, 0) is 107 Å². The van der Waals surface area contributed by atoms with E-state index in [2.05, 4.69) is 0 Å². The van der Waals surface area contributed by atoms with E-state index in [0.29, 0.717) is 5.56 Å². The number of likely N-dealkylation sites (N-methyl/N-ethyl adjacent to an activating group) is 2. The smallest absolute Gasteiger partial charge is 0.202 e. The molecule has 5 heterocycles. The number of aliphatic hydroxyl groups excluding tert-OH is 2. The van der Waals surface area contributed by atoms with Gasteiger partial charge in [0.15, 0.2) is 22.6 Å². The molecule has 7 unspecified atom stereocenters. The van der Waals surface area contributed by atoms with Crippen LogP contribution in [0.5, 0.6) is 5.75 Å². The number of carbonyl (C=O) groups is 2. The van der Waals surface area contributed by atoms with Gasteiger partial charge in [-0.3, -0.25) is 14.4 Å². The zero-order chi connectivity index (χ0) is 40.9. The first kappa shape index (κ1) is 38.9. The number of rotatable bonds is 6. The summed E-state index contributed by atoms with van der Waals surface area (Å²) in [4.78, 5) is 47.5. The van der Waals surface area contributed by atoms with E-state index in [1.165, 1.54) is 25.1 Å². The van der Waals surface area contributed by atoms with E-state index in [1.54, 1.807) is 71.8 Å². The number of carbonyl (C=O) groups excluding carboxylic acids is 2. The zero-order valence-corrected chi connectivity index (χ0v) is 33.5. The average Bonchev–Trinajstić information content (AvgIpc) is 3.98. The molecule has 300 valence electrons. The average molecular weight is 775 g/mol. The number of hydrogen-bond donors (Lipinski definition) is 4. The van der Waals surface area contributed by atoms with E-state index < -0.39 is 81.8 Å². The number of phenolic OH excluding ortho intramolecular Hbond substituents is 1. The normalized spacial score (nSPS) is 36.0. The second-order valence-corrected chi connectivity index (χ2v) is 17.7. The molecule has 4 N–H and O–H groups in total. The van der Waals surface area contributed by atoms with Crippen LogP contribution in [0.1, 0.15) is 108 Å². The van der Waals surface area contributed by atoms with Crippen LogP contribution < -0.4 is 5.43 Å². The molecule has 56 heavy (non-hydrogen) atoms. The van der Waals surface area contributed by atoms with Gasteiger partial charge in [0.25, 0.3) is 0 Å². The number of nitrogens with zero attached hydrogens (tertiary/aromatic N) is 2. The molecule has 0 spiro atoms. The van der Waals surface area contributed by atoms with Crippen molar-refractivity contribution < 1.29 is 53.4 Å². The number of ether oxygens (including phenoxy) is 4. The molecule has 3 aromatic rings. The third kappa shape index (κ3) is 5.48. The van der Waals surface area contributed by atoms with Crippen molar-refractivity contribution in [3.8, 4) is 5.75 Å². The molecule has 4 aliphatic heterocycles. The highest BCUT2D eigenvalue weighted by atomic mass is 16.7. The topological polar surface area (TPSA) is 195 Å². The molecule has 0 radical (unpaired) electrons. The maximum atomic E-state index is 15.2. The van der Waals surface area contributed by atoms with Gasteiger partial charge in [0.1, 0.15) is 53.4 Å². The van der Waals surface area contributed by atoms with Crippen molar-refractivity contribution >= 4 is 28.3 Å². The summed E-state index contributed by atoms with van der Waals surface area (Å²) in [7, 11) is 7.07. The molecule has 8 rings (SSSR count). The van der Waals surface area contributed by atoms with Crippen molar-refractivity contribution in [1.29, 1.82) is 0 Å². The Hall–Kier alpha value is -3.99. The maximum absolute atomic E-state index is 15.2. The third-order valence-corrected chi connectivity index (χ3v) is 12.9. The Labute approximate surface area is 324 Å². The number of aromatic hydroxyl groups is 1. The number of aryl methyl sites for hydroxylation is 1. The van der Waals surface area contributed by atoms with Gasteiger partial charge in [-0.15, -0.1) is 0 Å². The Morgan fingerprint density at radius 2 is 1.50 bits per heavy atom. The number of epoxide rings is 2. The van der Waals surface area contributed by atoms with Crippen LogP contribution in [0, 0.1) is 6.92 Å². The molecule has 2 aromatic carbocycles. The van der Waals surface area contributed by atoms with Crippen LogP contribution in [0.4, 0.5) is 0 Å². The number of hydrogen-bond acceptors (Lipinski definition) is 14. The van der Waals surface area contributed by atoms with Crippen LogP contribution in [0.2, 0.25) is 0 Å². The molecule has 0 saturated carbocycles. The molecular formula is C42H50N2O12. The second-order valence-electron chi connectivity index (χ2n) is 17.7. The summed E-state index contributed by atoms with van der Waals surface area (Å²) in [5, 5.41) is 46.1. The lowest BCUT2D eigenvalue weighted by Crippen LogP contribution is -2.65. The minimum absolute atomic E-state index is 0.0277. The van der Waals surface area contributed by atoms with Gasteiger partial charge in [0.2, 0.25) is 5.78 Å². The molecule has 0 amide bonds. The molecule has 1 aromatic heterocycles. The molecule has 3 saturated heterocycles. The Kier molecular flexibility index (Phi) is 8.51. The number of ketones is 2. The van der Waals surface area contributed by atoms with Gasteiger partial charge in [-0.1, -0.05) is 0 Å². The SMILES string of the molecule is Cc1cc2c(c3oc(C4(C)OC4C4OC4(C)C)cc(=O)c13)C(=O)c1c(O)c(C3CC(C)(N(C)C)C(O)C(C)(O)O3)cc(C3=C[C@@H](N(C)C)[C@H](O)[C@@H](C)O3)c1C2=O. The molecule has 0 bridgehead atoms. The fraction of sp³-hybridized carbons (Fsp3) is 0.548. The largest absolute Gasteiger partial charge is 0.507 e. The van der Waals surface area contributed by atoms with Gasteiger partial charge >= 0.3 is 0 Å². The summed E-state index contributed by atoms with van der Waals surface area (Å²) in [6, 6.07) is 3.80. The number of benzene rings is 2. The summed E-state index contributed by atoms with van der Waals surface area (Å²) in [6.07, 6.45) is -3.06. The van der Waals surface area contributed by atoms with Crippen molar-refractivity contribution in [3.05, 3.63) is 79.2 Å². The standard InChI is InChI=1S/C42H50N2O12/c1-17-12-21-29(35-27(17)23(45)15-26(53-35)41(6)37(56-41)36-39(3,4)55-36)34(49)30-28(33(21)48)19(24-14-22(43(8)9)31(46)18(2)52-24)13-20(32(30)47)25-16-40(5,44(10)11)38(50)42(7,51)54-25/h12-15,18,22,25,31,36-38,46-47,50-51H,16H2,1-11H3/t18-,22-,25?,31-,36?,37?,38?,40?,41?,42?/m1/s1. The van der Waals surface area contributed by atoms with Crippen LogP contribution in [0.15, 0.2) is 33.5 Å². The monoisotopic (exact) mass is 774 g/mol. The lowest BCUT2D eigenvalue weighted by molar-refractivity contribution is -0.322. The lowest BCUT2D eigenvalue weighted by atomic mass is 9.75. The van der Waals surface area contributed by atoms with E-state index in [0.717, 1.165) is 0 Å². The van der Waals surface area contributed by atoms with Crippen LogP contribution in [0.25, 0.3) is 16.7 Å².